The van der Waals surface area contributed by atoms with Crippen LogP contribution in [0.1, 0.15) is 19.4 Å². The van der Waals surface area contributed by atoms with Gasteiger partial charge in [-0.2, -0.15) is 8.78 Å². The molecule has 0 aliphatic carbocycles. The van der Waals surface area contributed by atoms with E-state index in [-0.39, 0.29) is 12.3 Å². The zero-order chi connectivity index (χ0) is 16.2. The Morgan fingerprint density at radius 3 is 2.62 bits per heavy atom. The lowest BCUT2D eigenvalue weighted by atomic mass is 10.1. The number of nitrogens with zero attached hydrogens (tertiary/aromatic N) is 1. The maximum Gasteiger partial charge on any atom is 0.387 e. The number of alkyl halides is 2. The lowest BCUT2D eigenvalue weighted by Crippen LogP contribution is -2.41. The van der Waals surface area contributed by atoms with E-state index in [9.17, 15) is 18.7 Å². The van der Waals surface area contributed by atoms with E-state index in [1.54, 1.807) is 32.9 Å². The Labute approximate surface area is 122 Å². The zero-order valence-corrected chi connectivity index (χ0v) is 12.5. The van der Waals surface area contributed by atoms with Crippen LogP contribution in [0, 0.1) is 6.92 Å². The highest BCUT2D eigenvalue weighted by atomic mass is 19.3. The van der Waals surface area contributed by atoms with Gasteiger partial charge in [-0.25, -0.2) is 4.79 Å². The number of nitrogens with one attached hydrogen (secondary N) is 1. The van der Waals surface area contributed by atoms with E-state index in [4.69, 9.17) is 0 Å². The standard InChI is InChI=1S/C14H20F2N2O3/c1-9-5-6-10(7-11(9)21-12(15)16)17-13(19)18(4)8-14(2,3)20/h5-7,12,20H,8H2,1-4H3,(H,17,19). The minimum absolute atomic E-state index is 0.00735. The van der Waals surface area contributed by atoms with Crippen molar-refractivity contribution in [3.63, 3.8) is 0 Å². The van der Waals surface area contributed by atoms with Gasteiger partial charge in [-0.15, -0.1) is 0 Å². The monoisotopic (exact) mass is 302 g/mol. The predicted octanol–water partition coefficient (Wildman–Crippen LogP) is 2.83. The number of hydrogen-bond donors (Lipinski definition) is 2. The molecule has 21 heavy (non-hydrogen) atoms. The van der Waals surface area contributed by atoms with Crippen LogP contribution in [0.5, 0.6) is 5.75 Å². The molecule has 0 atom stereocenters. The number of benzene rings is 1. The largest absolute Gasteiger partial charge is 0.434 e. The van der Waals surface area contributed by atoms with Crippen molar-refractivity contribution >= 4 is 11.7 Å². The van der Waals surface area contributed by atoms with Gasteiger partial charge in [-0.3, -0.25) is 0 Å². The lowest BCUT2D eigenvalue weighted by molar-refractivity contribution is -0.0502. The lowest BCUT2D eigenvalue weighted by Gasteiger charge is -2.25. The van der Waals surface area contributed by atoms with Gasteiger partial charge in [0.2, 0.25) is 0 Å². The van der Waals surface area contributed by atoms with Crippen molar-refractivity contribution < 1.29 is 23.4 Å². The molecule has 0 fully saturated rings. The molecule has 1 aromatic rings. The molecule has 0 unspecified atom stereocenters. The fraction of sp³-hybridized carbons (Fsp3) is 0.500. The van der Waals surface area contributed by atoms with Crippen LogP contribution in [0.25, 0.3) is 0 Å². The molecule has 0 spiro atoms. The van der Waals surface area contributed by atoms with Gasteiger partial charge in [0.1, 0.15) is 5.75 Å². The van der Waals surface area contributed by atoms with Crippen molar-refractivity contribution in [2.24, 2.45) is 0 Å². The van der Waals surface area contributed by atoms with E-state index in [0.29, 0.717) is 11.3 Å². The second kappa shape index (κ2) is 6.71. The summed E-state index contributed by atoms with van der Waals surface area (Å²) in [5, 5.41) is 12.2. The number of amides is 2. The zero-order valence-electron chi connectivity index (χ0n) is 12.5. The number of hydrogen-bond acceptors (Lipinski definition) is 3. The number of aliphatic hydroxyl groups is 1. The van der Waals surface area contributed by atoms with Crippen molar-refractivity contribution in [2.45, 2.75) is 33.0 Å². The number of ether oxygens (including phenoxy) is 1. The smallest absolute Gasteiger partial charge is 0.387 e. The number of aryl methyl sites for hydroxylation is 1. The topological polar surface area (TPSA) is 61.8 Å². The first-order valence-electron chi connectivity index (χ1n) is 6.38. The highest BCUT2D eigenvalue weighted by Gasteiger charge is 2.19. The molecule has 0 aliphatic heterocycles. The van der Waals surface area contributed by atoms with Gasteiger partial charge < -0.3 is 20.1 Å². The molecule has 7 heteroatoms. The molecule has 0 aromatic heterocycles. The summed E-state index contributed by atoms with van der Waals surface area (Å²) in [6.07, 6.45) is 0. The molecule has 0 bridgehead atoms. The van der Waals surface area contributed by atoms with Crippen molar-refractivity contribution in [1.82, 2.24) is 4.90 Å². The van der Waals surface area contributed by atoms with Crippen LogP contribution in [0.3, 0.4) is 0 Å². The van der Waals surface area contributed by atoms with E-state index in [1.165, 1.54) is 18.0 Å². The summed E-state index contributed by atoms with van der Waals surface area (Å²) >= 11 is 0. The molecule has 0 radical (unpaired) electrons. The third-order valence-electron chi connectivity index (χ3n) is 2.63. The Balaban J connectivity index is 2.76. The van der Waals surface area contributed by atoms with Crippen molar-refractivity contribution in [1.29, 1.82) is 0 Å². The van der Waals surface area contributed by atoms with Crippen LogP contribution in [0.2, 0.25) is 0 Å². The van der Waals surface area contributed by atoms with Crippen LogP contribution in [-0.4, -0.2) is 41.8 Å². The van der Waals surface area contributed by atoms with Crippen LogP contribution in [-0.2, 0) is 0 Å². The molecular formula is C14H20F2N2O3. The molecule has 2 N–H and O–H groups in total. The molecule has 1 rings (SSSR count). The third kappa shape index (κ3) is 5.95. The van der Waals surface area contributed by atoms with Gasteiger partial charge in [0.05, 0.1) is 12.1 Å². The number of carbonyl (C=O) groups is 1. The molecule has 2 amide bonds. The van der Waals surface area contributed by atoms with Crippen LogP contribution in [0.4, 0.5) is 19.3 Å². The third-order valence-corrected chi connectivity index (χ3v) is 2.63. The molecule has 0 heterocycles. The highest BCUT2D eigenvalue weighted by molar-refractivity contribution is 5.89. The summed E-state index contributed by atoms with van der Waals surface area (Å²) in [4.78, 5) is 13.2. The van der Waals surface area contributed by atoms with Crippen LogP contribution >= 0.6 is 0 Å². The molecule has 5 nitrogen and oxygen atoms in total. The van der Waals surface area contributed by atoms with Gasteiger partial charge in [0.15, 0.2) is 0 Å². The number of anilines is 1. The summed E-state index contributed by atoms with van der Waals surface area (Å²) in [6.45, 7) is 2.00. The first-order valence-corrected chi connectivity index (χ1v) is 6.38. The van der Waals surface area contributed by atoms with E-state index in [0.717, 1.165) is 0 Å². The molecule has 0 saturated carbocycles. The van der Waals surface area contributed by atoms with Crippen LogP contribution in [0.15, 0.2) is 18.2 Å². The maximum atomic E-state index is 12.3. The van der Waals surface area contributed by atoms with Crippen molar-refractivity contribution in [3.8, 4) is 5.75 Å². The Kier molecular flexibility index (Phi) is 5.48. The number of urea groups is 1. The summed E-state index contributed by atoms with van der Waals surface area (Å²) in [6, 6.07) is 4.04. The first-order chi connectivity index (χ1) is 9.58. The van der Waals surface area contributed by atoms with Crippen LogP contribution < -0.4 is 10.1 Å². The van der Waals surface area contributed by atoms with Crippen molar-refractivity contribution in [2.75, 3.05) is 18.9 Å². The molecule has 0 aliphatic rings. The number of halogens is 2. The predicted molar refractivity (Wildman–Crippen MR) is 75.8 cm³/mol. The summed E-state index contributed by atoms with van der Waals surface area (Å²) in [5.74, 6) is 0.00735. The summed E-state index contributed by atoms with van der Waals surface area (Å²) in [5.41, 5.74) is -0.148. The Hall–Kier alpha value is -1.89. The normalized spacial score (nSPS) is 11.4. The maximum absolute atomic E-state index is 12.3. The number of likely N-dealkylation sites (N-methyl/N-ethyl adjacent to an activating group) is 1. The second-order valence-corrected chi connectivity index (χ2v) is 5.46. The quantitative estimate of drug-likeness (QED) is 0.879. The van der Waals surface area contributed by atoms with Gasteiger partial charge >= 0.3 is 12.6 Å². The van der Waals surface area contributed by atoms with Crippen molar-refractivity contribution in [3.05, 3.63) is 23.8 Å². The minimum atomic E-state index is -2.92. The first kappa shape index (κ1) is 17.2. The molecule has 118 valence electrons. The SMILES string of the molecule is Cc1ccc(NC(=O)N(C)CC(C)(C)O)cc1OC(F)F. The van der Waals surface area contributed by atoms with Gasteiger partial charge in [0, 0.05) is 18.8 Å². The van der Waals surface area contributed by atoms with E-state index in [1.807, 2.05) is 0 Å². The molecular weight excluding hydrogens is 282 g/mol. The molecule has 1 aromatic carbocycles. The fourth-order valence-corrected chi connectivity index (χ4v) is 1.77. The Morgan fingerprint density at radius 1 is 1.48 bits per heavy atom. The van der Waals surface area contributed by atoms with E-state index in [2.05, 4.69) is 10.1 Å². The van der Waals surface area contributed by atoms with E-state index >= 15 is 0 Å². The van der Waals surface area contributed by atoms with Gasteiger partial charge in [-0.1, -0.05) is 6.07 Å². The Bertz CT molecular complexity index is 501. The number of carbonyl (C=O) groups excluding carboxylic acids is 1. The second-order valence-electron chi connectivity index (χ2n) is 5.46. The van der Waals surface area contributed by atoms with E-state index < -0.39 is 18.2 Å². The summed E-state index contributed by atoms with van der Waals surface area (Å²) < 4.78 is 28.9. The Morgan fingerprint density at radius 2 is 2.10 bits per heavy atom. The van der Waals surface area contributed by atoms with Gasteiger partial charge in [-0.05, 0) is 32.4 Å². The van der Waals surface area contributed by atoms with Gasteiger partial charge in [0.25, 0.3) is 0 Å². The highest BCUT2D eigenvalue weighted by Crippen LogP contribution is 2.24. The molecule has 0 saturated heterocycles. The summed E-state index contributed by atoms with van der Waals surface area (Å²) in [7, 11) is 1.53. The average molecular weight is 302 g/mol. The fourth-order valence-electron chi connectivity index (χ4n) is 1.77. The average Bonchev–Trinajstić information content (AvgIpc) is 2.30. The minimum Gasteiger partial charge on any atom is -0.434 e. The number of rotatable bonds is 5.